The minimum absolute atomic E-state index is 0.0385. The molecule has 2 amide bonds. The van der Waals surface area contributed by atoms with E-state index in [2.05, 4.69) is 5.32 Å². The third-order valence-electron chi connectivity index (χ3n) is 7.68. The van der Waals surface area contributed by atoms with Gasteiger partial charge < -0.3 is 24.3 Å². The molecular formula is C29H35N3O4. The van der Waals surface area contributed by atoms with E-state index in [0.717, 1.165) is 48.6 Å². The molecule has 1 spiro atoms. The van der Waals surface area contributed by atoms with Gasteiger partial charge in [0.2, 0.25) is 0 Å². The second kappa shape index (κ2) is 10.7. The molecule has 3 heterocycles. The highest BCUT2D eigenvalue weighted by Gasteiger charge is 2.37. The Balaban J connectivity index is 1.32. The minimum Gasteiger partial charge on any atom is -0.492 e. The maximum absolute atomic E-state index is 13.5. The summed E-state index contributed by atoms with van der Waals surface area (Å²) in [4.78, 5) is 28.2. The lowest BCUT2D eigenvalue weighted by atomic mass is 9.75. The third-order valence-corrected chi connectivity index (χ3v) is 7.68. The average molecular weight is 490 g/mol. The summed E-state index contributed by atoms with van der Waals surface area (Å²) in [6, 6.07) is 15.5. The van der Waals surface area contributed by atoms with Crippen LogP contribution in [-0.2, 0) is 11.8 Å². The number of aromatic nitrogens is 1. The standard InChI is InChI=1S/C29H35N3O4/c1-31-20-24(22-8-2-4-10-25(22)31)28(34)32-16-13-29(14-17-32)12-6-7-18-35-19-15-30-27(33)23-9-3-5-11-26(23)36-21-29/h2-5,8-11,20H,6-7,12-19,21H2,1H3,(H,30,33). The van der Waals surface area contributed by atoms with E-state index in [1.165, 1.54) is 0 Å². The Bertz CT molecular complexity index is 1230. The number of fused-ring (bicyclic) bond motifs is 2. The predicted octanol–water partition coefficient (Wildman–Crippen LogP) is 4.41. The number of amides is 2. The van der Waals surface area contributed by atoms with Gasteiger partial charge in [-0.3, -0.25) is 9.59 Å². The number of nitrogens with zero attached hydrogens (tertiary/aromatic N) is 2. The number of hydrogen-bond acceptors (Lipinski definition) is 4. The number of aryl methyl sites for hydroxylation is 1. The molecule has 7 heteroatoms. The number of para-hydroxylation sites is 2. The summed E-state index contributed by atoms with van der Waals surface area (Å²) in [5, 5.41) is 3.92. The number of carbonyl (C=O) groups excluding carboxylic acids is 2. The van der Waals surface area contributed by atoms with Crippen LogP contribution in [0.3, 0.4) is 0 Å². The molecule has 1 saturated heterocycles. The molecule has 7 nitrogen and oxygen atoms in total. The van der Waals surface area contributed by atoms with Crippen molar-refractivity contribution in [3.05, 3.63) is 65.9 Å². The first-order valence-electron chi connectivity index (χ1n) is 13.0. The first-order valence-corrected chi connectivity index (χ1v) is 13.0. The average Bonchev–Trinajstić information content (AvgIpc) is 3.25. The molecule has 0 saturated carbocycles. The van der Waals surface area contributed by atoms with Crippen LogP contribution in [0.1, 0.15) is 52.8 Å². The Kier molecular flexibility index (Phi) is 7.28. The molecule has 36 heavy (non-hydrogen) atoms. The Labute approximate surface area is 212 Å². The molecule has 1 N–H and O–H groups in total. The van der Waals surface area contributed by atoms with Gasteiger partial charge in [-0.05, 0) is 43.9 Å². The van der Waals surface area contributed by atoms with Gasteiger partial charge in [-0.15, -0.1) is 0 Å². The van der Waals surface area contributed by atoms with Gasteiger partial charge in [0.1, 0.15) is 5.75 Å². The zero-order valence-corrected chi connectivity index (χ0v) is 21.0. The van der Waals surface area contributed by atoms with E-state index in [1.54, 1.807) is 6.07 Å². The van der Waals surface area contributed by atoms with Crippen LogP contribution in [0.15, 0.2) is 54.7 Å². The summed E-state index contributed by atoms with van der Waals surface area (Å²) in [5.41, 5.74) is 2.35. The Morgan fingerprint density at radius 2 is 1.75 bits per heavy atom. The number of nitrogens with one attached hydrogen (secondary N) is 1. The van der Waals surface area contributed by atoms with Crippen molar-refractivity contribution < 1.29 is 19.1 Å². The molecule has 1 aromatic heterocycles. The fraction of sp³-hybridized carbons (Fsp3) is 0.448. The lowest BCUT2D eigenvalue weighted by Gasteiger charge is -2.42. The van der Waals surface area contributed by atoms with Crippen LogP contribution in [0.2, 0.25) is 0 Å². The van der Waals surface area contributed by atoms with Crippen molar-refractivity contribution >= 4 is 22.7 Å². The largest absolute Gasteiger partial charge is 0.492 e. The zero-order chi connectivity index (χ0) is 25.0. The number of hydrogen-bond donors (Lipinski definition) is 1. The van der Waals surface area contributed by atoms with Crippen molar-refractivity contribution in [1.29, 1.82) is 0 Å². The highest BCUT2D eigenvalue weighted by atomic mass is 16.5. The van der Waals surface area contributed by atoms with Crippen LogP contribution < -0.4 is 10.1 Å². The Hall–Kier alpha value is -3.32. The molecule has 5 rings (SSSR count). The lowest BCUT2D eigenvalue weighted by molar-refractivity contribution is 0.0342. The Morgan fingerprint density at radius 3 is 2.61 bits per heavy atom. The summed E-state index contributed by atoms with van der Waals surface area (Å²) in [7, 11) is 1.98. The number of carbonyl (C=O) groups is 2. The lowest BCUT2D eigenvalue weighted by Crippen LogP contribution is -2.45. The van der Waals surface area contributed by atoms with Gasteiger partial charge >= 0.3 is 0 Å². The first kappa shape index (κ1) is 24.4. The van der Waals surface area contributed by atoms with Crippen LogP contribution >= 0.6 is 0 Å². The SMILES string of the molecule is Cn1cc(C(=O)N2CCC3(CCCCOCCNC(=O)c4ccccc4OC3)CC2)c2ccccc21. The van der Waals surface area contributed by atoms with E-state index >= 15 is 0 Å². The summed E-state index contributed by atoms with van der Waals surface area (Å²) in [6.45, 7) is 3.61. The van der Waals surface area contributed by atoms with Crippen molar-refractivity contribution in [3.8, 4) is 5.75 Å². The molecule has 2 aliphatic heterocycles. The van der Waals surface area contributed by atoms with E-state index < -0.39 is 0 Å². The summed E-state index contributed by atoms with van der Waals surface area (Å²) in [6.07, 6.45) is 6.74. The predicted molar refractivity (Wildman–Crippen MR) is 139 cm³/mol. The fourth-order valence-corrected chi connectivity index (χ4v) is 5.48. The van der Waals surface area contributed by atoms with Crippen LogP contribution in [0.5, 0.6) is 5.75 Å². The first-order chi connectivity index (χ1) is 17.6. The molecule has 3 aromatic rings. The summed E-state index contributed by atoms with van der Waals surface area (Å²) in [5.74, 6) is 0.566. The van der Waals surface area contributed by atoms with Crippen LogP contribution in [0, 0.1) is 5.41 Å². The maximum atomic E-state index is 13.5. The molecule has 0 aliphatic carbocycles. The van der Waals surface area contributed by atoms with Gasteiger partial charge in [0.15, 0.2) is 0 Å². The minimum atomic E-state index is -0.143. The number of ether oxygens (including phenoxy) is 2. The number of benzene rings is 2. The van der Waals surface area contributed by atoms with Crippen molar-refractivity contribution in [1.82, 2.24) is 14.8 Å². The number of piperidine rings is 1. The number of rotatable bonds is 1. The van der Waals surface area contributed by atoms with Gasteiger partial charge in [0.25, 0.3) is 11.8 Å². The van der Waals surface area contributed by atoms with Gasteiger partial charge in [-0.1, -0.05) is 36.8 Å². The quantitative estimate of drug-likeness (QED) is 0.550. The van der Waals surface area contributed by atoms with Gasteiger partial charge in [-0.2, -0.15) is 0 Å². The zero-order valence-electron chi connectivity index (χ0n) is 21.0. The van der Waals surface area contributed by atoms with Crippen LogP contribution in [0.4, 0.5) is 0 Å². The highest BCUT2D eigenvalue weighted by Crippen LogP contribution is 2.38. The molecular weight excluding hydrogens is 454 g/mol. The topological polar surface area (TPSA) is 72.8 Å². The molecule has 0 unspecified atom stereocenters. The van der Waals surface area contributed by atoms with Crippen molar-refractivity contribution in [2.75, 3.05) is 39.5 Å². The summed E-state index contributed by atoms with van der Waals surface area (Å²) >= 11 is 0. The van der Waals surface area contributed by atoms with Gasteiger partial charge in [0, 0.05) is 55.8 Å². The van der Waals surface area contributed by atoms with E-state index in [-0.39, 0.29) is 17.2 Å². The van der Waals surface area contributed by atoms with E-state index in [1.807, 2.05) is 65.2 Å². The van der Waals surface area contributed by atoms with Crippen LogP contribution in [-0.4, -0.2) is 60.7 Å². The van der Waals surface area contributed by atoms with Gasteiger partial charge in [0.05, 0.1) is 24.3 Å². The van der Waals surface area contributed by atoms with Crippen molar-refractivity contribution in [3.63, 3.8) is 0 Å². The highest BCUT2D eigenvalue weighted by molar-refractivity contribution is 6.07. The molecule has 2 aromatic carbocycles. The summed E-state index contributed by atoms with van der Waals surface area (Å²) < 4.78 is 14.1. The van der Waals surface area contributed by atoms with Gasteiger partial charge in [-0.25, -0.2) is 0 Å². The number of likely N-dealkylation sites (tertiary alicyclic amines) is 1. The molecule has 1 fully saturated rings. The van der Waals surface area contributed by atoms with E-state index in [0.29, 0.717) is 50.8 Å². The maximum Gasteiger partial charge on any atom is 0.256 e. The second-order valence-electron chi connectivity index (χ2n) is 10.1. The normalized spacial score (nSPS) is 19.2. The smallest absolute Gasteiger partial charge is 0.256 e. The van der Waals surface area contributed by atoms with E-state index in [4.69, 9.17) is 9.47 Å². The van der Waals surface area contributed by atoms with Crippen molar-refractivity contribution in [2.24, 2.45) is 12.5 Å². The molecule has 0 bridgehead atoms. The molecule has 190 valence electrons. The molecule has 0 radical (unpaired) electrons. The molecule has 0 atom stereocenters. The van der Waals surface area contributed by atoms with Crippen molar-refractivity contribution in [2.45, 2.75) is 32.1 Å². The monoisotopic (exact) mass is 489 g/mol. The molecule has 2 aliphatic rings. The third kappa shape index (κ3) is 5.12. The Morgan fingerprint density at radius 1 is 0.972 bits per heavy atom. The second-order valence-corrected chi connectivity index (χ2v) is 10.1. The van der Waals surface area contributed by atoms with E-state index in [9.17, 15) is 9.59 Å². The van der Waals surface area contributed by atoms with Crippen LogP contribution in [0.25, 0.3) is 10.9 Å². The fourth-order valence-electron chi connectivity index (χ4n) is 5.48.